The molecule has 3 aromatic heterocycles. The fourth-order valence-corrected chi connectivity index (χ4v) is 5.40. The highest BCUT2D eigenvalue weighted by Gasteiger charge is 2.27. The van der Waals surface area contributed by atoms with Gasteiger partial charge in [0.15, 0.2) is 0 Å². The SMILES string of the molecule is COCc1c(-c2cc3ccc(OC)cc3n2CC2CC2)nc2cc(C(=O)N3CCCC(N)C3)ccn12. The lowest BCUT2D eigenvalue weighted by molar-refractivity contribution is 0.0709. The van der Waals surface area contributed by atoms with Gasteiger partial charge in [-0.2, -0.15) is 0 Å². The average Bonchev–Trinajstić information content (AvgIpc) is 3.55. The van der Waals surface area contributed by atoms with Gasteiger partial charge in [-0.3, -0.25) is 4.79 Å². The summed E-state index contributed by atoms with van der Waals surface area (Å²) >= 11 is 0. The van der Waals surface area contributed by atoms with Crippen LogP contribution in [0.25, 0.3) is 27.9 Å². The lowest BCUT2D eigenvalue weighted by atomic mass is 10.1. The molecule has 1 amide bonds. The molecule has 1 aliphatic carbocycles. The molecule has 0 spiro atoms. The van der Waals surface area contributed by atoms with Crippen LogP contribution in [0, 0.1) is 5.92 Å². The third kappa shape index (κ3) is 4.14. The Balaban J connectivity index is 1.46. The van der Waals surface area contributed by atoms with E-state index in [1.165, 1.54) is 12.8 Å². The molecule has 1 unspecified atom stereocenters. The van der Waals surface area contributed by atoms with Crippen molar-refractivity contribution in [2.24, 2.45) is 11.7 Å². The quantitative estimate of drug-likeness (QED) is 0.424. The molecule has 1 saturated heterocycles. The Bertz CT molecular complexity index is 1430. The summed E-state index contributed by atoms with van der Waals surface area (Å²) in [6.07, 6.45) is 6.36. The number of carbonyl (C=O) groups excluding carboxylic acids is 1. The van der Waals surface area contributed by atoms with Crippen molar-refractivity contribution in [3.63, 3.8) is 0 Å². The third-order valence-electron chi connectivity index (χ3n) is 7.49. The number of pyridine rings is 1. The van der Waals surface area contributed by atoms with E-state index in [0.29, 0.717) is 24.6 Å². The number of ether oxygens (including phenoxy) is 2. The predicted molar refractivity (Wildman–Crippen MR) is 139 cm³/mol. The van der Waals surface area contributed by atoms with Crippen LogP contribution in [0.1, 0.15) is 41.7 Å². The van der Waals surface area contributed by atoms with E-state index in [9.17, 15) is 4.79 Å². The number of aromatic nitrogens is 3. The number of benzene rings is 1. The van der Waals surface area contributed by atoms with E-state index in [2.05, 4.69) is 22.8 Å². The number of nitrogens with two attached hydrogens (primary N) is 1. The number of hydrogen-bond donors (Lipinski definition) is 1. The zero-order valence-corrected chi connectivity index (χ0v) is 20.9. The summed E-state index contributed by atoms with van der Waals surface area (Å²) in [6, 6.07) is 12.2. The molecule has 0 radical (unpaired) electrons. The van der Waals surface area contributed by atoms with Gasteiger partial charge in [-0.05, 0) is 61.9 Å². The second-order valence-corrected chi connectivity index (χ2v) is 10.1. The summed E-state index contributed by atoms with van der Waals surface area (Å²) in [5.74, 6) is 1.55. The third-order valence-corrected chi connectivity index (χ3v) is 7.49. The standard InChI is InChI=1S/C28H33N5O3/c1-35-17-25-27(24-12-19-7-8-22(36-2)14-23(19)33(24)15-18-5-6-18)30-26-13-20(9-11-32(25)26)28(34)31-10-3-4-21(29)16-31/h7-9,11-14,18,21H,3-6,10,15-17,29H2,1-2H3. The number of amides is 1. The largest absolute Gasteiger partial charge is 0.497 e. The predicted octanol–water partition coefficient (Wildman–Crippen LogP) is 4.08. The molecule has 2 fully saturated rings. The van der Waals surface area contributed by atoms with Gasteiger partial charge >= 0.3 is 0 Å². The second-order valence-electron chi connectivity index (χ2n) is 10.1. The Morgan fingerprint density at radius 2 is 2.00 bits per heavy atom. The van der Waals surface area contributed by atoms with Crippen LogP contribution in [0.5, 0.6) is 5.75 Å². The Labute approximate surface area is 210 Å². The second kappa shape index (κ2) is 9.26. The Morgan fingerprint density at radius 3 is 2.75 bits per heavy atom. The fraction of sp³-hybridized carbons (Fsp3) is 0.429. The lowest BCUT2D eigenvalue weighted by Crippen LogP contribution is -2.45. The highest BCUT2D eigenvalue weighted by atomic mass is 16.5. The van der Waals surface area contributed by atoms with Crippen molar-refractivity contribution in [2.75, 3.05) is 27.3 Å². The minimum absolute atomic E-state index is 0.0143. The van der Waals surface area contributed by atoms with Crippen molar-refractivity contribution in [2.45, 2.75) is 44.9 Å². The highest BCUT2D eigenvalue weighted by Crippen LogP contribution is 2.38. The smallest absolute Gasteiger partial charge is 0.254 e. The van der Waals surface area contributed by atoms with Gasteiger partial charge in [0.05, 0.1) is 30.6 Å². The van der Waals surface area contributed by atoms with Gasteiger partial charge in [0.1, 0.15) is 17.1 Å². The fourth-order valence-electron chi connectivity index (χ4n) is 5.40. The number of carbonyl (C=O) groups is 1. The van der Waals surface area contributed by atoms with Gasteiger partial charge in [-0.1, -0.05) is 0 Å². The summed E-state index contributed by atoms with van der Waals surface area (Å²) in [6.45, 7) is 2.71. The Hall–Kier alpha value is -3.36. The number of hydrogen-bond acceptors (Lipinski definition) is 5. The molecule has 8 nitrogen and oxygen atoms in total. The highest BCUT2D eigenvalue weighted by molar-refractivity contribution is 5.95. The van der Waals surface area contributed by atoms with Crippen LogP contribution in [-0.2, 0) is 17.9 Å². The lowest BCUT2D eigenvalue weighted by Gasteiger charge is -2.30. The van der Waals surface area contributed by atoms with Gasteiger partial charge in [-0.15, -0.1) is 0 Å². The monoisotopic (exact) mass is 487 g/mol. The zero-order chi connectivity index (χ0) is 24.8. The molecule has 1 aromatic carbocycles. The van der Waals surface area contributed by atoms with Crippen molar-refractivity contribution in [1.29, 1.82) is 0 Å². The maximum atomic E-state index is 13.2. The summed E-state index contributed by atoms with van der Waals surface area (Å²) < 4.78 is 15.5. The van der Waals surface area contributed by atoms with Crippen LogP contribution in [0.15, 0.2) is 42.6 Å². The molecule has 188 valence electrons. The van der Waals surface area contributed by atoms with Crippen molar-refractivity contribution in [3.05, 3.63) is 53.9 Å². The first-order chi connectivity index (χ1) is 17.6. The van der Waals surface area contributed by atoms with Crippen molar-refractivity contribution < 1.29 is 14.3 Å². The average molecular weight is 488 g/mol. The van der Waals surface area contributed by atoms with Crippen molar-refractivity contribution in [1.82, 2.24) is 18.9 Å². The molecule has 36 heavy (non-hydrogen) atoms. The van der Waals surface area contributed by atoms with Gasteiger partial charge < -0.3 is 29.1 Å². The van der Waals surface area contributed by atoms with E-state index in [4.69, 9.17) is 20.2 Å². The first-order valence-corrected chi connectivity index (χ1v) is 12.8. The van der Waals surface area contributed by atoms with Gasteiger partial charge in [0.2, 0.25) is 0 Å². The topological polar surface area (TPSA) is 87.0 Å². The maximum absolute atomic E-state index is 13.2. The molecule has 2 N–H and O–H groups in total. The number of fused-ring (bicyclic) bond motifs is 2. The van der Waals surface area contributed by atoms with E-state index < -0.39 is 0 Å². The molecule has 2 aliphatic rings. The Kier molecular flexibility index (Phi) is 5.93. The first-order valence-electron chi connectivity index (χ1n) is 12.8. The maximum Gasteiger partial charge on any atom is 0.254 e. The molecule has 1 atom stereocenters. The van der Waals surface area contributed by atoms with Gasteiger partial charge in [0, 0.05) is 56.0 Å². The van der Waals surface area contributed by atoms with E-state index >= 15 is 0 Å². The Morgan fingerprint density at radius 1 is 1.14 bits per heavy atom. The number of likely N-dealkylation sites (tertiary alicyclic amines) is 1. The normalized spacial score (nSPS) is 18.3. The molecule has 1 saturated carbocycles. The molecule has 8 heteroatoms. The van der Waals surface area contributed by atoms with Gasteiger partial charge in [-0.25, -0.2) is 4.98 Å². The molecule has 6 rings (SSSR count). The number of imidazole rings is 1. The molecule has 0 bridgehead atoms. The van der Waals surface area contributed by atoms with E-state index in [0.717, 1.165) is 65.3 Å². The number of methoxy groups -OCH3 is 2. The van der Waals surface area contributed by atoms with E-state index in [-0.39, 0.29) is 11.9 Å². The summed E-state index contributed by atoms with van der Waals surface area (Å²) in [7, 11) is 3.40. The molecule has 1 aliphatic heterocycles. The molecule has 4 heterocycles. The van der Waals surface area contributed by atoms with Gasteiger partial charge in [0.25, 0.3) is 5.91 Å². The van der Waals surface area contributed by atoms with Crippen LogP contribution in [0.3, 0.4) is 0 Å². The summed E-state index contributed by atoms with van der Waals surface area (Å²) in [5.41, 5.74) is 11.6. The first kappa shape index (κ1) is 23.1. The van der Waals surface area contributed by atoms with Crippen molar-refractivity contribution in [3.8, 4) is 17.1 Å². The van der Waals surface area contributed by atoms with Crippen molar-refractivity contribution >= 4 is 22.5 Å². The van der Waals surface area contributed by atoms with Crippen LogP contribution < -0.4 is 10.5 Å². The molecular formula is C28H33N5O3. The number of piperidine rings is 1. The minimum Gasteiger partial charge on any atom is -0.497 e. The number of rotatable bonds is 7. The zero-order valence-electron chi connectivity index (χ0n) is 20.9. The van der Waals surface area contributed by atoms with Crippen LogP contribution in [-0.4, -0.2) is 58.1 Å². The van der Waals surface area contributed by atoms with Crippen LogP contribution in [0.2, 0.25) is 0 Å². The van der Waals surface area contributed by atoms with Crippen LogP contribution >= 0.6 is 0 Å². The summed E-state index contributed by atoms with van der Waals surface area (Å²) in [5, 5.41) is 1.16. The molecular weight excluding hydrogens is 454 g/mol. The number of nitrogens with zero attached hydrogens (tertiary/aromatic N) is 4. The molecule has 4 aromatic rings. The van der Waals surface area contributed by atoms with Crippen LogP contribution in [0.4, 0.5) is 0 Å². The van der Waals surface area contributed by atoms with E-state index in [1.54, 1.807) is 14.2 Å². The van der Waals surface area contributed by atoms with E-state index in [1.807, 2.05) is 33.7 Å². The summed E-state index contributed by atoms with van der Waals surface area (Å²) in [4.78, 5) is 20.2. The minimum atomic E-state index is 0.0143.